The molecule has 0 saturated carbocycles. The molecule has 2 heterocycles. The molecule has 3 amide bonds. The average Bonchev–Trinajstić information content (AvgIpc) is 2.80. The van der Waals surface area contributed by atoms with Crippen molar-refractivity contribution in [3.05, 3.63) is 94.0 Å². The third-order valence-corrected chi connectivity index (χ3v) is 6.74. The molecule has 2 bridgehead atoms. The second kappa shape index (κ2) is 8.23. The number of amides is 3. The van der Waals surface area contributed by atoms with Crippen molar-refractivity contribution in [2.45, 2.75) is 38.1 Å². The van der Waals surface area contributed by atoms with Crippen molar-refractivity contribution in [3.8, 4) is 5.75 Å². The summed E-state index contributed by atoms with van der Waals surface area (Å²) in [7, 11) is 0. The predicted molar refractivity (Wildman–Crippen MR) is 130 cm³/mol. The van der Waals surface area contributed by atoms with Crippen molar-refractivity contribution in [1.82, 2.24) is 10.6 Å². The Labute approximate surface area is 201 Å². The number of carbonyl (C=O) groups excluding carboxylic acids is 2. The molecule has 3 aromatic rings. The first-order chi connectivity index (χ1) is 15.8. The highest BCUT2D eigenvalue weighted by Crippen LogP contribution is 2.46. The van der Waals surface area contributed by atoms with E-state index in [0.717, 1.165) is 21.3 Å². The summed E-state index contributed by atoms with van der Waals surface area (Å²) in [5.41, 5.74) is 2.19. The lowest BCUT2D eigenvalue weighted by Crippen LogP contribution is -2.65. The fraction of sp³-hybridized carbons (Fsp3) is 0.231. The number of anilines is 1. The number of urea groups is 1. The molecule has 7 heteroatoms. The molecule has 3 unspecified atom stereocenters. The van der Waals surface area contributed by atoms with E-state index in [1.807, 2.05) is 68.4 Å². The maximum atomic E-state index is 13.2. The van der Waals surface area contributed by atoms with Crippen LogP contribution < -0.4 is 20.3 Å². The van der Waals surface area contributed by atoms with E-state index in [9.17, 15) is 9.59 Å². The molecule has 1 fully saturated rings. The molecule has 6 nitrogen and oxygen atoms in total. The van der Waals surface area contributed by atoms with Gasteiger partial charge in [0.25, 0.3) is 5.91 Å². The van der Waals surface area contributed by atoms with E-state index >= 15 is 0 Å². The smallest absolute Gasteiger partial charge is 0.325 e. The third-order valence-electron chi connectivity index (χ3n) is 6.25. The van der Waals surface area contributed by atoms with E-state index in [0.29, 0.717) is 17.7 Å². The lowest BCUT2D eigenvalue weighted by Gasteiger charge is -2.50. The fourth-order valence-corrected chi connectivity index (χ4v) is 5.01. The highest BCUT2D eigenvalue weighted by molar-refractivity contribution is 9.10. The Kier molecular flexibility index (Phi) is 5.37. The van der Waals surface area contributed by atoms with Crippen molar-refractivity contribution < 1.29 is 14.3 Å². The van der Waals surface area contributed by atoms with E-state index in [1.165, 1.54) is 0 Å². The number of rotatable bonds is 4. The van der Waals surface area contributed by atoms with Crippen molar-refractivity contribution in [1.29, 1.82) is 0 Å². The minimum absolute atomic E-state index is 0.141. The SMILES string of the molecule is CC(NC(=O)c1cccc(N2C(=O)NC3CC2(C)Oc2ccc(Br)cc23)c1)c1ccccc1. The highest BCUT2D eigenvalue weighted by atomic mass is 79.9. The summed E-state index contributed by atoms with van der Waals surface area (Å²) in [4.78, 5) is 27.7. The molecule has 168 valence electrons. The van der Waals surface area contributed by atoms with Gasteiger partial charge in [-0.05, 0) is 55.8 Å². The van der Waals surface area contributed by atoms with Crippen molar-refractivity contribution in [2.75, 3.05) is 4.90 Å². The summed E-state index contributed by atoms with van der Waals surface area (Å²) in [6.07, 6.45) is 0.587. The third kappa shape index (κ3) is 3.97. The molecule has 2 aliphatic rings. The van der Waals surface area contributed by atoms with Gasteiger partial charge in [-0.15, -0.1) is 0 Å². The Morgan fingerprint density at radius 2 is 1.94 bits per heavy atom. The Morgan fingerprint density at radius 3 is 2.73 bits per heavy atom. The first-order valence-electron chi connectivity index (χ1n) is 10.9. The molecular formula is C26H24BrN3O3. The van der Waals surface area contributed by atoms with Gasteiger partial charge in [0.2, 0.25) is 0 Å². The fourth-order valence-electron chi connectivity index (χ4n) is 4.63. The van der Waals surface area contributed by atoms with Crippen LogP contribution in [0.1, 0.15) is 53.8 Å². The van der Waals surface area contributed by atoms with Crippen molar-refractivity contribution >= 4 is 33.6 Å². The van der Waals surface area contributed by atoms with Gasteiger partial charge in [0, 0.05) is 22.0 Å². The van der Waals surface area contributed by atoms with Crippen LogP contribution in [0, 0.1) is 0 Å². The van der Waals surface area contributed by atoms with Crippen molar-refractivity contribution in [3.63, 3.8) is 0 Å². The zero-order valence-corrected chi connectivity index (χ0v) is 19.9. The Hall–Kier alpha value is -3.32. The summed E-state index contributed by atoms with van der Waals surface area (Å²) in [5.74, 6) is 0.543. The molecule has 33 heavy (non-hydrogen) atoms. The minimum atomic E-state index is -0.875. The summed E-state index contributed by atoms with van der Waals surface area (Å²) < 4.78 is 7.29. The van der Waals surface area contributed by atoms with Gasteiger partial charge in [0.1, 0.15) is 5.75 Å². The van der Waals surface area contributed by atoms with E-state index in [1.54, 1.807) is 23.1 Å². The van der Waals surface area contributed by atoms with Gasteiger partial charge in [-0.2, -0.15) is 0 Å². The number of benzene rings is 3. The largest absolute Gasteiger partial charge is 0.467 e. The molecule has 1 saturated heterocycles. The van der Waals surface area contributed by atoms with Crippen LogP contribution in [0.15, 0.2) is 77.3 Å². The molecule has 2 N–H and O–H groups in total. The Bertz CT molecular complexity index is 1230. The standard InChI is InChI=1S/C26H24BrN3O3/c1-16(17-7-4-3-5-8-17)28-24(31)18-9-6-10-20(13-18)30-25(32)29-22-15-26(30,2)33-23-12-11-19(27)14-21(22)23/h3-14,16,22H,15H2,1-2H3,(H,28,31)(H,29,32). The lowest BCUT2D eigenvalue weighted by atomic mass is 9.90. The molecule has 3 atom stereocenters. The molecule has 0 spiro atoms. The van der Waals surface area contributed by atoms with Gasteiger partial charge < -0.3 is 15.4 Å². The maximum absolute atomic E-state index is 13.2. The maximum Gasteiger partial charge on any atom is 0.325 e. The number of nitrogens with one attached hydrogen (secondary N) is 2. The van der Waals surface area contributed by atoms with Crippen LogP contribution in [0.2, 0.25) is 0 Å². The van der Waals surface area contributed by atoms with E-state index in [-0.39, 0.29) is 24.0 Å². The number of nitrogens with zero attached hydrogens (tertiary/aromatic N) is 1. The van der Waals surface area contributed by atoms with Crippen LogP contribution in [0.3, 0.4) is 0 Å². The van der Waals surface area contributed by atoms with Crippen LogP contribution in [0.5, 0.6) is 5.75 Å². The normalized spacial score (nSPS) is 22.0. The topological polar surface area (TPSA) is 70.7 Å². The number of hydrogen-bond acceptors (Lipinski definition) is 3. The highest BCUT2D eigenvalue weighted by Gasteiger charge is 2.49. The average molecular weight is 506 g/mol. The first kappa shape index (κ1) is 21.5. The van der Waals surface area contributed by atoms with E-state index in [2.05, 4.69) is 26.6 Å². The number of fused-ring (bicyclic) bond motifs is 4. The van der Waals surface area contributed by atoms with E-state index in [4.69, 9.17) is 4.74 Å². The molecule has 0 radical (unpaired) electrons. The van der Waals surface area contributed by atoms with Crippen LogP contribution in [0.4, 0.5) is 10.5 Å². The summed E-state index contributed by atoms with van der Waals surface area (Å²) >= 11 is 3.49. The summed E-state index contributed by atoms with van der Waals surface area (Å²) in [5, 5.41) is 6.12. The van der Waals surface area contributed by atoms with Crippen LogP contribution in [-0.4, -0.2) is 17.7 Å². The second-order valence-corrected chi connectivity index (χ2v) is 9.57. The predicted octanol–water partition coefficient (Wildman–Crippen LogP) is 5.71. The minimum Gasteiger partial charge on any atom is -0.467 e. The molecule has 0 aliphatic carbocycles. The van der Waals surface area contributed by atoms with Crippen LogP contribution in [-0.2, 0) is 0 Å². The molecule has 2 aliphatic heterocycles. The summed E-state index contributed by atoms with van der Waals surface area (Å²) in [6, 6.07) is 22.2. The Morgan fingerprint density at radius 1 is 1.15 bits per heavy atom. The van der Waals surface area contributed by atoms with Gasteiger partial charge in [-0.3, -0.25) is 9.69 Å². The van der Waals surface area contributed by atoms with Gasteiger partial charge in [-0.1, -0.05) is 52.3 Å². The van der Waals surface area contributed by atoms with E-state index < -0.39 is 5.72 Å². The number of carbonyl (C=O) groups is 2. The van der Waals surface area contributed by atoms with Crippen molar-refractivity contribution in [2.24, 2.45) is 0 Å². The van der Waals surface area contributed by atoms with Crippen LogP contribution in [0.25, 0.3) is 0 Å². The molecular weight excluding hydrogens is 482 g/mol. The van der Waals surface area contributed by atoms with Gasteiger partial charge >= 0.3 is 6.03 Å². The quantitative estimate of drug-likeness (QED) is 0.476. The second-order valence-electron chi connectivity index (χ2n) is 8.66. The molecule has 5 rings (SSSR count). The monoisotopic (exact) mass is 505 g/mol. The number of hydrogen-bond donors (Lipinski definition) is 2. The number of halogens is 1. The Balaban J connectivity index is 1.42. The first-order valence-corrected chi connectivity index (χ1v) is 11.7. The zero-order chi connectivity index (χ0) is 23.2. The van der Waals surface area contributed by atoms with Gasteiger partial charge in [0.05, 0.1) is 17.8 Å². The molecule has 3 aromatic carbocycles. The zero-order valence-electron chi connectivity index (χ0n) is 18.3. The lowest BCUT2D eigenvalue weighted by molar-refractivity contribution is 0.0378. The van der Waals surface area contributed by atoms with Crippen LogP contribution >= 0.6 is 15.9 Å². The van der Waals surface area contributed by atoms with Gasteiger partial charge in [-0.25, -0.2) is 4.79 Å². The van der Waals surface area contributed by atoms with Gasteiger partial charge in [0.15, 0.2) is 5.72 Å². The molecule has 0 aromatic heterocycles. The summed E-state index contributed by atoms with van der Waals surface area (Å²) in [6.45, 7) is 3.86. The number of ether oxygens (including phenoxy) is 1.